The largest absolute Gasteiger partial charge is 0.465 e. The summed E-state index contributed by atoms with van der Waals surface area (Å²) in [4.78, 5) is 41.4. The summed E-state index contributed by atoms with van der Waals surface area (Å²) >= 11 is 1.36. The smallest absolute Gasteiger partial charge is 0.341 e. The third-order valence-corrected chi connectivity index (χ3v) is 6.99. The van der Waals surface area contributed by atoms with Crippen LogP contribution in [0.5, 0.6) is 0 Å². The van der Waals surface area contributed by atoms with Crippen molar-refractivity contribution in [1.29, 1.82) is 0 Å². The van der Waals surface area contributed by atoms with E-state index in [4.69, 9.17) is 9.15 Å². The maximum absolute atomic E-state index is 13.0. The molecule has 0 spiro atoms. The number of fused-ring (bicyclic) bond motifs is 2. The Kier molecular flexibility index (Phi) is 7.35. The summed E-state index contributed by atoms with van der Waals surface area (Å²) in [5.41, 5.74) is 2.52. The fourth-order valence-electron chi connectivity index (χ4n) is 4.22. The summed E-state index contributed by atoms with van der Waals surface area (Å²) in [7, 11) is 1.32. The molecule has 35 heavy (non-hydrogen) atoms. The number of hydrogen-bond acceptors (Lipinski definition) is 7. The highest BCUT2D eigenvalue weighted by atomic mass is 35.5. The molecule has 4 aromatic rings. The van der Waals surface area contributed by atoms with Gasteiger partial charge < -0.3 is 14.5 Å². The number of para-hydroxylation sites is 1. The number of amides is 1. The molecule has 2 aromatic heterocycles. The highest BCUT2D eigenvalue weighted by Crippen LogP contribution is 2.38. The van der Waals surface area contributed by atoms with Gasteiger partial charge in [-0.15, -0.1) is 23.7 Å². The van der Waals surface area contributed by atoms with Crippen molar-refractivity contribution in [3.63, 3.8) is 0 Å². The molecule has 0 atom stereocenters. The van der Waals surface area contributed by atoms with Gasteiger partial charge in [-0.1, -0.05) is 42.5 Å². The minimum atomic E-state index is -0.590. The second kappa shape index (κ2) is 10.4. The number of halogens is 1. The molecule has 1 aliphatic heterocycles. The highest BCUT2D eigenvalue weighted by Gasteiger charge is 2.30. The lowest BCUT2D eigenvalue weighted by Gasteiger charge is -2.27. The van der Waals surface area contributed by atoms with Crippen LogP contribution in [0.15, 0.2) is 69.9 Å². The molecule has 1 aliphatic rings. The molecular weight excluding hydrogens is 488 g/mol. The van der Waals surface area contributed by atoms with Crippen molar-refractivity contribution in [3.8, 4) is 0 Å². The predicted molar refractivity (Wildman–Crippen MR) is 138 cm³/mol. The quantitative estimate of drug-likeness (QED) is 0.385. The van der Waals surface area contributed by atoms with Crippen LogP contribution in [0.3, 0.4) is 0 Å². The van der Waals surface area contributed by atoms with Crippen molar-refractivity contribution < 1.29 is 18.7 Å². The molecule has 0 saturated carbocycles. The van der Waals surface area contributed by atoms with Gasteiger partial charge in [0.2, 0.25) is 0 Å². The molecule has 7 nitrogen and oxygen atoms in total. The summed E-state index contributed by atoms with van der Waals surface area (Å²) in [6.45, 7) is 2.26. The van der Waals surface area contributed by atoms with Crippen LogP contribution >= 0.6 is 23.7 Å². The highest BCUT2D eigenvalue weighted by molar-refractivity contribution is 7.17. The lowest BCUT2D eigenvalue weighted by molar-refractivity contribution is 0.0600. The molecule has 2 aromatic carbocycles. The van der Waals surface area contributed by atoms with Crippen LogP contribution in [0.2, 0.25) is 0 Å². The Bertz CT molecular complexity index is 1450. The summed E-state index contributed by atoms with van der Waals surface area (Å²) in [5.74, 6) is -1.20. The SMILES string of the molecule is COC(=O)c1c(NC(=O)c2cc(=O)c3ccccc3o2)sc2c1CCN(Cc1ccccc1)C2.Cl. The number of rotatable bonds is 5. The van der Waals surface area contributed by atoms with Crippen molar-refractivity contribution in [3.05, 3.63) is 98.2 Å². The lowest BCUT2D eigenvalue weighted by Crippen LogP contribution is -2.29. The summed E-state index contributed by atoms with van der Waals surface area (Å²) in [6, 6.07) is 18.1. The van der Waals surface area contributed by atoms with Crippen molar-refractivity contribution in [2.24, 2.45) is 0 Å². The van der Waals surface area contributed by atoms with E-state index in [1.54, 1.807) is 24.3 Å². The van der Waals surface area contributed by atoms with E-state index in [-0.39, 0.29) is 23.6 Å². The van der Waals surface area contributed by atoms with Gasteiger partial charge in [-0.2, -0.15) is 0 Å². The van der Waals surface area contributed by atoms with E-state index in [0.717, 1.165) is 23.5 Å². The van der Waals surface area contributed by atoms with Crippen LogP contribution in [-0.4, -0.2) is 30.4 Å². The lowest BCUT2D eigenvalue weighted by atomic mass is 10.0. The Morgan fingerprint density at radius 2 is 1.86 bits per heavy atom. The maximum Gasteiger partial charge on any atom is 0.341 e. The normalized spacial score (nSPS) is 13.1. The van der Waals surface area contributed by atoms with Gasteiger partial charge in [0.15, 0.2) is 11.2 Å². The van der Waals surface area contributed by atoms with Gasteiger partial charge in [-0.25, -0.2) is 4.79 Å². The number of benzene rings is 2. The van der Waals surface area contributed by atoms with E-state index in [0.29, 0.717) is 34.5 Å². The number of nitrogens with zero attached hydrogens (tertiary/aromatic N) is 1. The summed E-state index contributed by atoms with van der Waals surface area (Å²) in [5, 5.41) is 3.59. The topological polar surface area (TPSA) is 88.8 Å². The molecule has 180 valence electrons. The van der Waals surface area contributed by atoms with Crippen molar-refractivity contribution in [1.82, 2.24) is 4.90 Å². The van der Waals surface area contributed by atoms with E-state index in [1.165, 1.54) is 30.1 Å². The fourth-order valence-corrected chi connectivity index (χ4v) is 5.49. The number of ether oxygens (including phenoxy) is 1. The molecular formula is C26H23ClN2O5S. The number of esters is 1. The third-order valence-electron chi connectivity index (χ3n) is 5.86. The molecule has 0 bridgehead atoms. The fraction of sp³-hybridized carbons (Fsp3) is 0.192. The molecule has 9 heteroatoms. The van der Waals surface area contributed by atoms with Crippen LogP contribution in [0.1, 0.15) is 36.9 Å². The van der Waals surface area contributed by atoms with E-state index in [2.05, 4.69) is 22.3 Å². The number of thiophene rings is 1. The van der Waals surface area contributed by atoms with E-state index in [9.17, 15) is 14.4 Å². The zero-order valence-electron chi connectivity index (χ0n) is 18.9. The van der Waals surface area contributed by atoms with Crippen molar-refractivity contribution >= 4 is 51.6 Å². The number of methoxy groups -OCH3 is 1. The van der Waals surface area contributed by atoms with E-state index in [1.807, 2.05) is 18.2 Å². The number of anilines is 1. The van der Waals surface area contributed by atoms with Crippen LogP contribution in [0.4, 0.5) is 5.00 Å². The standard InChI is InChI=1S/C26H22N2O5S.ClH/c1-32-26(31)23-18-11-12-28(14-16-7-3-2-4-8-16)15-22(18)34-25(23)27-24(30)21-13-19(29)17-9-5-6-10-20(17)33-21;/h2-10,13H,11-12,14-15H2,1H3,(H,27,30);1H. The number of carbonyl (C=O) groups excluding carboxylic acids is 2. The molecule has 0 saturated heterocycles. The van der Waals surface area contributed by atoms with Crippen molar-refractivity contribution in [2.75, 3.05) is 19.0 Å². The first-order chi connectivity index (χ1) is 16.5. The molecule has 0 aliphatic carbocycles. The van der Waals surface area contributed by atoms with Crippen LogP contribution in [0.25, 0.3) is 11.0 Å². The Labute approximate surface area is 211 Å². The minimum Gasteiger partial charge on any atom is -0.465 e. The molecule has 3 heterocycles. The van der Waals surface area contributed by atoms with Gasteiger partial charge in [0.25, 0.3) is 5.91 Å². The van der Waals surface area contributed by atoms with Gasteiger partial charge in [-0.3, -0.25) is 14.5 Å². The molecule has 5 rings (SSSR count). The summed E-state index contributed by atoms with van der Waals surface area (Å²) in [6.07, 6.45) is 0.671. The third kappa shape index (κ3) is 5.00. The average Bonchev–Trinajstić information content (AvgIpc) is 3.21. The first-order valence-electron chi connectivity index (χ1n) is 10.9. The Hall–Kier alpha value is -3.46. The molecule has 0 unspecified atom stereocenters. The predicted octanol–water partition coefficient (Wildman–Crippen LogP) is 4.87. The average molecular weight is 511 g/mol. The maximum atomic E-state index is 13.0. The van der Waals surface area contributed by atoms with Gasteiger partial charge >= 0.3 is 5.97 Å². The van der Waals surface area contributed by atoms with Crippen molar-refractivity contribution in [2.45, 2.75) is 19.5 Å². The first-order valence-corrected chi connectivity index (χ1v) is 11.7. The Balaban J connectivity index is 0.00000289. The molecule has 1 N–H and O–H groups in total. The van der Waals surface area contributed by atoms with E-state index < -0.39 is 11.9 Å². The second-order valence-electron chi connectivity index (χ2n) is 8.07. The Morgan fingerprint density at radius 3 is 2.63 bits per heavy atom. The van der Waals surface area contributed by atoms with Gasteiger partial charge in [0, 0.05) is 30.6 Å². The number of nitrogens with one attached hydrogen (secondary N) is 1. The number of carbonyl (C=O) groups is 2. The van der Waals surface area contributed by atoms with Crippen LogP contribution in [0, 0.1) is 0 Å². The molecule has 0 radical (unpaired) electrons. The minimum absolute atomic E-state index is 0. The molecule has 0 fully saturated rings. The summed E-state index contributed by atoms with van der Waals surface area (Å²) < 4.78 is 10.7. The van der Waals surface area contributed by atoms with Gasteiger partial charge in [-0.05, 0) is 29.7 Å². The zero-order chi connectivity index (χ0) is 23.7. The molecule has 1 amide bonds. The monoisotopic (exact) mass is 510 g/mol. The second-order valence-corrected chi connectivity index (χ2v) is 9.18. The van der Waals surface area contributed by atoms with E-state index >= 15 is 0 Å². The van der Waals surface area contributed by atoms with Crippen LogP contribution < -0.4 is 10.7 Å². The zero-order valence-corrected chi connectivity index (χ0v) is 20.5. The van der Waals surface area contributed by atoms with Crippen LogP contribution in [-0.2, 0) is 24.2 Å². The first kappa shape index (κ1) is 24.7. The van der Waals surface area contributed by atoms with Gasteiger partial charge in [0.1, 0.15) is 10.6 Å². The number of hydrogen-bond donors (Lipinski definition) is 1. The van der Waals surface area contributed by atoms with Gasteiger partial charge in [0.05, 0.1) is 18.1 Å². The Morgan fingerprint density at radius 1 is 1.11 bits per heavy atom.